The molecule has 2 fully saturated rings. The van der Waals surface area contributed by atoms with Crippen molar-refractivity contribution in [2.24, 2.45) is 5.41 Å². The Kier molecular flexibility index (Phi) is 3.79. The van der Waals surface area contributed by atoms with Crippen molar-refractivity contribution >= 4 is 5.91 Å². The van der Waals surface area contributed by atoms with E-state index < -0.39 is 17.5 Å². The van der Waals surface area contributed by atoms with Crippen LogP contribution in [-0.2, 0) is 9.53 Å². The van der Waals surface area contributed by atoms with Gasteiger partial charge in [-0.15, -0.1) is 0 Å². The van der Waals surface area contributed by atoms with Crippen LogP contribution in [0.1, 0.15) is 19.8 Å². The zero-order valence-electron chi connectivity index (χ0n) is 11.1. The Balaban J connectivity index is 2.21. The van der Waals surface area contributed by atoms with E-state index in [-0.39, 0.29) is 31.7 Å². The maximum atomic E-state index is 13.3. The molecule has 0 aromatic carbocycles. The van der Waals surface area contributed by atoms with E-state index in [1.807, 2.05) is 0 Å². The van der Waals surface area contributed by atoms with Gasteiger partial charge in [0.15, 0.2) is 5.41 Å². The van der Waals surface area contributed by atoms with Gasteiger partial charge in [0.2, 0.25) is 5.91 Å². The number of ether oxygens (including phenoxy) is 1. The molecule has 0 saturated carbocycles. The molecule has 0 spiro atoms. The summed E-state index contributed by atoms with van der Waals surface area (Å²) in [5.41, 5.74) is -2.27. The van der Waals surface area contributed by atoms with Gasteiger partial charge in [0.1, 0.15) is 0 Å². The van der Waals surface area contributed by atoms with Crippen LogP contribution in [0.15, 0.2) is 0 Å². The maximum Gasteiger partial charge on any atom is 0.404 e. The molecule has 0 aromatic heterocycles. The number of nitrogens with zero attached hydrogens (tertiary/aromatic N) is 1. The smallest absolute Gasteiger partial charge is 0.376 e. The topological polar surface area (TPSA) is 41.6 Å². The van der Waals surface area contributed by atoms with Crippen LogP contribution in [0.2, 0.25) is 0 Å². The zero-order valence-corrected chi connectivity index (χ0v) is 11.1. The highest BCUT2D eigenvalue weighted by Gasteiger charge is 2.62. The van der Waals surface area contributed by atoms with Crippen molar-refractivity contribution < 1.29 is 22.7 Å². The van der Waals surface area contributed by atoms with Crippen molar-refractivity contribution in [1.82, 2.24) is 10.2 Å². The second-order valence-corrected chi connectivity index (χ2v) is 5.35. The fraction of sp³-hybridized carbons (Fsp3) is 0.917. The molecule has 0 aliphatic carbocycles. The Hall–Kier alpha value is -0.820. The molecule has 0 aromatic rings. The van der Waals surface area contributed by atoms with Gasteiger partial charge in [-0.1, -0.05) is 0 Å². The molecule has 1 amide bonds. The van der Waals surface area contributed by atoms with E-state index in [4.69, 9.17) is 4.74 Å². The second kappa shape index (κ2) is 4.94. The van der Waals surface area contributed by atoms with Crippen LogP contribution in [-0.4, -0.2) is 55.9 Å². The molecule has 2 saturated heterocycles. The number of likely N-dealkylation sites (N-methyl/N-ethyl adjacent to an activating group) is 1. The SMILES string of the molecule is CC1OCCC1N(C)C(=O)C1(C(F)(F)F)CCNC1. The summed E-state index contributed by atoms with van der Waals surface area (Å²) in [4.78, 5) is 13.6. The summed E-state index contributed by atoms with van der Waals surface area (Å²) < 4.78 is 45.2. The molecular formula is C12H19F3N2O2. The summed E-state index contributed by atoms with van der Waals surface area (Å²) in [6.45, 7) is 2.16. The van der Waals surface area contributed by atoms with E-state index in [0.29, 0.717) is 13.0 Å². The van der Waals surface area contributed by atoms with Crippen LogP contribution < -0.4 is 5.32 Å². The zero-order chi connectivity index (χ0) is 14.3. The first kappa shape index (κ1) is 14.6. The molecule has 110 valence electrons. The monoisotopic (exact) mass is 280 g/mol. The molecule has 3 unspecified atom stereocenters. The summed E-state index contributed by atoms with van der Waals surface area (Å²) in [5.74, 6) is -0.840. The van der Waals surface area contributed by atoms with Crippen molar-refractivity contribution in [1.29, 1.82) is 0 Å². The number of hydrogen-bond acceptors (Lipinski definition) is 3. The summed E-state index contributed by atoms with van der Waals surface area (Å²) in [6.07, 6.45) is -4.34. The van der Waals surface area contributed by atoms with Crippen LogP contribution >= 0.6 is 0 Å². The van der Waals surface area contributed by atoms with Gasteiger partial charge in [0, 0.05) is 20.2 Å². The summed E-state index contributed by atoms with van der Waals surface area (Å²) >= 11 is 0. The van der Waals surface area contributed by atoms with E-state index >= 15 is 0 Å². The number of rotatable bonds is 2. The van der Waals surface area contributed by atoms with Gasteiger partial charge in [0.25, 0.3) is 0 Å². The highest BCUT2D eigenvalue weighted by atomic mass is 19.4. The number of amides is 1. The van der Waals surface area contributed by atoms with Crippen LogP contribution in [0, 0.1) is 5.41 Å². The van der Waals surface area contributed by atoms with Crippen molar-refractivity contribution in [2.75, 3.05) is 26.7 Å². The number of nitrogens with one attached hydrogen (secondary N) is 1. The normalized spacial score (nSPS) is 35.6. The Morgan fingerprint density at radius 1 is 1.47 bits per heavy atom. The minimum atomic E-state index is -4.52. The molecule has 19 heavy (non-hydrogen) atoms. The van der Waals surface area contributed by atoms with Crippen LogP contribution in [0.25, 0.3) is 0 Å². The van der Waals surface area contributed by atoms with E-state index in [0.717, 1.165) is 0 Å². The van der Waals surface area contributed by atoms with Gasteiger partial charge in [-0.2, -0.15) is 13.2 Å². The fourth-order valence-corrected chi connectivity index (χ4v) is 2.95. The quantitative estimate of drug-likeness (QED) is 0.825. The number of carbonyl (C=O) groups excluding carboxylic acids is 1. The summed E-state index contributed by atoms with van der Waals surface area (Å²) in [5, 5.41) is 2.66. The summed E-state index contributed by atoms with van der Waals surface area (Å²) in [7, 11) is 1.45. The van der Waals surface area contributed by atoms with E-state index in [1.165, 1.54) is 11.9 Å². The second-order valence-electron chi connectivity index (χ2n) is 5.35. The van der Waals surface area contributed by atoms with E-state index in [9.17, 15) is 18.0 Å². The predicted molar refractivity (Wildman–Crippen MR) is 62.6 cm³/mol. The molecule has 2 heterocycles. The lowest BCUT2D eigenvalue weighted by Crippen LogP contribution is -2.55. The number of halogens is 3. The predicted octanol–water partition coefficient (Wildman–Crippen LogP) is 1.16. The van der Waals surface area contributed by atoms with Crippen molar-refractivity contribution in [3.63, 3.8) is 0 Å². The number of hydrogen-bond donors (Lipinski definition) is 1. The lowest BCUT2D eigenvalue weighted by Gasteiger charge is -2.36. The van der Waals surface area contributed by atoms with Gasteiger partial charge < -0.3 is 15.0 Å². The first-order valence-electron chi connectivity index (χ1n) is 6.46. The third-order valence-corrected chi connectivity index (χ3v) is 4.26. The Labute approximate surface area is 110 Å². The van der Waals surface area contributed by atoms with Crippen molar-refractivity contribution in [3.8, 4) is 0 Å². The molecule has 0 radical (unpaired) electrons. The molecule has 0 bridgehead atoms. The molecule has 2 aliphatic rings. The van der Waals surface area contributed by atoms with Crippen molar-refractivity contribution in [2.45, 2.75) is 38.1 Å². The molecule has 4 nitrogen and oxygen atoms in total. The lowest BCUT2D eigenvalue weighted by molar-refractivity contribution is -0.222. The molecule has 1 N–H and O–H groups in total. The first-order valence-corrected chi connectivity index (χ1v) is 6.46. The average molecular weight is 280 g/mol. The van der Waals surface area contributed by atoms with E-state index in [2.05, 4.69) is 5.32 Å². The highest BCUT2D eigenvalue weighted by molar-refractivity contribution is 5.84. The van der Waals surface area contributed by atoms with Crippen LogP contribution in [0.5, 0.6) is 0 Å². The summed E-state index contributed by atoms with van der Waals surface area (Å²) in [6, 6.07) is -0.271. The Morgan fingerprint density at radius 3 is 2.58 bits per heavy atom. The minimum Gasteiger partial charge on any atom is -0.376 e. The van der Waals surface area contributed by atoms with Gasteiger partial charge in [-0.05, 0) is 26.3 Å². The van der Waals surface area contributed by atoms with Gasteiger partial charge in [-0.25, -0.2) is 0 Å². The first-order chi connectivity index (χ1) is 8.79. The third-order valence-electron chi connectivity index (χ3n) is 4.26. The fourth-order valence-electron chi connectivity index (χ4n) is 2.95. The average Bonchev–Trinajstić information content (AvgIpc) is 2.95. The van der Waals surface area contributed by atoms with E-state index in [1.54, 1.807) is 6.92 Å². The minimum absolute atomic E-state index is 0.193. The molecule has 7 heteroatoms. The molecule has 3 atom stereocenters. The lowest BCUT2D eigenvalue weighted by atomic mass is 9.84. The molecule has 2 aliphatic heterocycles. The van der Waals surface area contributed by atoms with Gasteiger partial charge in [-0.3, -0.25) is 4.79 Å². The van der Waals surface area contributed by atoms with Crippen LogP contribution in [0.4, 0.5) is 13.2 Å². The Bertz CT molecular complexity index is 353. The third kappa shape index (κ3) is 2.33. The molecular weight excluding hydrogens is 261 g/mol. The largest absolute Gasteiger partial charge is 0.404 e. The highest BCUT2D eigenvalue weighted by Crippen LogP contribution is 2.44. The van der Waals surface area contributed by atoms with Crippen LogP contribution in [0.3, 0.4) is 0 Å². The Morgan fingerprint density at radius 2 is 2.16 bits per heavy atom. The van der Waals surface area contributed by atoms with Gasteiger partial charge >= 0.3 is 6.18 Å². The number of carbonyl (C=O) groups is 1. The van der Waals surface area contributed by atoms with Crippen molar-refractivity contribution in [3.05, 3.63) is 0 Å². The standard InChI is InChI=1S/C12H19F3N2O2/c1-8-9(3-6-19-8)17(2)10(18)11(12(13,14)15)4-5-16-7-11/h8-9,16H,3-7H2,1-2H3. The molecule has 2 rings (SSSR count). The maximum absolute atomic E-state index is 13.3. The number of alkyl halides is 3. The van der Waals surface area contributed by atoms with Gasteiger partial charge in [0.05, 0.1) is 12.1 Å².